The Hall–Kier alpha value is -3.62. The third kappa shape index (κ3) is 4.19. The molecule has 1 fully saturated rings. The summed E-state index contributed by atoms with van der Waals surface area (Å²) in [6.07, 6.45) is 7.32. The number of carbonyl (C=O) groups is 2. The van der Waals surface area contributed by atoms with Crippen molar-refractivity contribution < 1.29 is 9.59 Å². The third-order valence-corrected chi connectivity index (χ3v) is 5.41. The molecule has 1 atom stereocenters. The molecule has 0 saturated heterocycles. The fourth-order valence-electron chi connectivity index (χ4n) is 3.54. The van der Waals surface area contributed by atoms with E-state index in [1.807, 2.05) is 42.1 Å². The number of primary amides is 2. The lowest BCUT2D eigenvalue weighted by molar-refractivity contribution is -0.118. The monoisotopic (exact) mass is 407 g/mol. The fourth-order valence-corrected chi connectivity index (χ4v) is 3.54. The first-order valence-corrected chi connectivity index (χ1v) is 9.96. The molecule has 6 N–H and O–H groups in total. The van der Waals surface area contributed by atoms with E-state index in [0.29, 0.717) is 18.2 Å². The van der Waals surface area contributed by atoms with Gasteiger partial charge in [0.2, 0.25) is 5.91 Å². The van der Waals surface area contributed by atoms with Gasteiger partial charge in [-0.05, 0) is 37.0 Å². The Morgan fingerprint density at radius 1 is 1.27 bits per heavy atom. The number of hydrogen-bond acceptors (Lipinski definition) is 6. The van der Waals surface area contributed by atoms with E-state index in [9.17, 15) is 9.59 Å². The van der Waals surface area contributed by atoms with E-state index >= 15 is 0 Å². The van der Waals surface area contributed by atoms with Crippen LogP contribution in [0.4, 0.5) is 17.3 Å². The highest BCUT2D eigenvalue weighted by Gasteiger charge is 2.25. The first-order valence-electron chi connectivity index (χ1n) is 9.96. The molecule has 2 amide bonds. The zero-order valence-corrected chi connectivity index (χ0v) is 16.8. The van der Waals surface area contributed by atoms with Gasteiger partial charge >= 0.3 is 0 Å². The first kappa shape index (κ1) is 19.7. The molecular formula is C21H25N7O2. The summed E-state index contributed by atoms with van der Waals surface area (Å²) in [5, 5.41) is 7.19. The van der Waals surface area contributed by atoms with Crippen LogP contribution in [-0.2, 0) is 11.8 Å². The number of hydrogen-bond donors (Lipinski definition) is 4. The summed E-state index contributed by atoms with van der Waals surface area (Å²) in [6, 6.07) is 7.21. The lowest BCUT2D eigenvalue weighted by Gasteiger charge is -2.17. The molecule has 4 rings (SSSR count). The average molecular weight is 407 g/mol. The number of nitrogens with zero attached hydrogens (tertiary/aromatic N) is 3. The van der Waals surface area contributed by atoms with Crippen LogP contribution in [0.25, 0.3) is 10.9 Å². The molecule has 2 aromatic heterocycles. The van der Waals surface area contributed by atoms with Gasteiger partial charge in [-0.25, -0.2) is 9.97 Å². The molecule has 3 aromatic rings. The number of carbonyl (C=O) groups excluding carboxylic acids is 2. The van der Waals surface area contributed by atoms with Crippen LogP contribution < -0.4 is 22.1 Å². The van der Waals surface area contributed by atoms with Crippen LogP contribution in [0.1, 0.15) is 36.2 Å². The van der Waals surface area contributed by atoms with Crippen LogP contribution in [0.2, 0.25) is 0 Å². The van der Waals surface area contributed by atoms with Crippen molar-refractivity contribution in [3.05, 3.63) is 42.4 Å². The third-order valence-electron chi connectivity index (χ3n) is 5.41. The number of nitrogens with two attached hydrogens (primary N) is 2. The molecule has 30 heavy (non-hydrogen) atoms. The van der Waals surface area contributed by atoms with Gasteiger partial charge in [0.1, 0.15) is 11.9 Å². The normalized spacial score (nSPS) is 14.4. The maximum absolute atomic E-state index is 11.9. The van der Waals surface area contributed by atoms with E-state index in [2.05, 4.69) is 20.6 Å². The summed E-state index contributed by atoms with van der Waals surface area (Å²) in [5.74, 6) is 0.106. The van der Waals surface area contributed by atoms with E-state index in [1.165, 1.54) is 19.0 Å². The summed E-state index contributed by atoms with van der Waals surface area (Å²) < 4.78 is 2.00. The molecule has 1 aliphatic rings. The van der Waals surface area contributed by atoms with Crippen LogP contribution in [0.15, 0.2) is 36.7 Å². The standard InChI is InChI=1S/C21H25N7O2/c1-28-10-9-13-14(3-2-4-16(13)28)26-21-18(20(23)30)24-11-17(27-21)25-15(19(22)29)8-7-12-5-6-12/h2-4,9-12,15H,5-8H2,1H3,(H2,22,29)(H2,23,30)(H2,25,26,27). The molecule has 1 aliphatic carbocycles. The highest BCUT2D eigenvalue weighted by molar-refractivity contribution is 5.99. The zero-order chi connectivity index (χ0) is 21.3. The van der Waals surface area contributed by atoms with Gasteiger partial charge in [-0.2, -0.15) is 0 Å². The molecule has 9 heteroatoms. The minimum atomic E-state index is -0.697. The van der Waals surface area contributed by atoms with Crippen LogP contribution >= 0.6 is 0 Å². The minimum Gasteiger partial charge on any atom is -0.368 e. The van der Waals surface area contributed by atoms with Gasteiger partial charge < -0.3 is 26.7 Å². The van der Waals surface area contributed by atoms with Crippen molar-refractivity contribution in [3.8, 4) is 0 Å². The Bertz CT molecular complexity index is 1100. The molecule has 1 saturated carbocycles. The van der Waals surface area contributed by atoms with E-state index in [1.54, 1.807) is 0 Å². The molecular weight excluding hydrogens is 382 g/mol. The summed E-state index contributed by atoms with van der Waals surface area (Å²) >= 11 is 0. The number of rotatable bonds is 9. The van der Waals surface area contributed by atoms with Crippen molar-refractivity contribution in [2.75, 3.05) is 10.6 Å². The number of amides is 2. The van der Waals surface area contributed by atoms with E-state index in [-0.39, 0.29) is 11.5 Å². The first-order chi connectivity index (χ1) is 14.4. The molecule has 0 aliphatic heterocycles. The Labute approximate surface area is 173 Å². The topological polar surface area (TPSA) is 141 Å². The van der Waals surface area contributed by atoms with Crippen molar-refractivity contribution in [2.45, 2.75) is 31.7 Å². The second kappa shape index (κ2) is 8.02. The number of benzene rings is 1. The van der Waals surface area contributed by atoms with E-state index in [4.69, 9.17) is 11.5 Å². The lowest BCUT2D eigenvalue weighted by Crippen LogP contribution is -2.36. The molecule has 0 bridgehead atoms. The maximum Gasteiger partial charge on any atom is 0.271 e. The van der Waals surface area contributed by atoms with E-state index < -0.39 is 17.9 Å². The largest absolute Gasteiger partial charge is 0.368 e. The summed E-state index contributed by atoms with van der Waals surface area (Å²) in [7, 11) is 1.96. The van der Waals surface area contributed by atoms with Gasteiger partial charge in [0, 0.05) is 29.8 Å². The maximum atomic E-state index is 11.9. The molecule has 0 spiro atoms. The van der Waals surface area contributed by atoms with Crippen molar-refractivity contribution in [2.24, 2.45) is 24.4 Å². The Morgan fingerprint density at radius 3 is 2.77 bits per heavy atom. The predicted molar refractivity (Wildman–Crippen MR) is 115 cm³/mol. The number of aromatic nitrogens is 3. The van der Waals surface area contributed by atoms with Crippen LogP contribution in [0.3, 0.4) is 0 Å². The fraction of sp³-hybridized carbons (Fsp3) is 0.333. The quantitative estimate of drug-likeness (QED) is 0.429. The smallest absolute Gasteiger partial charge is 0.271 e. The number of aryl methyl sites for hydroxylation is 1. The van der Waals surface area contributed by atoms with Crippen LogP contribution in [0, 0.1) is 5.92 Å². The Balaban J connectivity index is 1.62. The zero-order valence-electron chi connectivity index (χ0n) is 16.8. The van der Waals surface area contributed by atoms with Crippen LogP contribution in [0.5, 0.6) is 0 Å². The summed E-state index contributed by atoms with van der Waals surface area (Å²) in [5.41, 5.74) is 12.9. The molecule has 1 unspecified atom stereocenters. The molecule has 2 heterocycles. The van der Waals surface area contributed by atoms with Crippen LogP contribution in [-0.4, -0.2) is 32.4 Å². The number of anilines is 3. The molecule has 0 radical (unpaired) electrons. The molecule has 1 aromatic carbocycles. The van der Waals surface area contributed by atoms with Gasteiger partial charge in [-0.15, -0.1) is 0 Å². The highest BCUT2D eigenvalue weighted by atomic mass is 16.1. The Kier molecular flexibility index (Phi) is 5.26. The SMILES string of the molecule is Cn1ccc2c(Nc3nc(NC(CCC4CC4)C(N)=O)cnc3C(N)=O)cccc21. The van der Waals surface area contributed by atoms with Gasteiger partial charge in [0.05, 0.1) is 6.20 Å². The van der Waals surface area contributed by atoms with Crippen molar-refractivity contribution in [3.63, 3.8) is 0 Å². The molecule has 156 valence electrons. The minimum absolute atomic E-state index is 0.0158. The van der Waals surface area contributed by atoms with Crippen molar-refractivity contribution in [1.82, 2.24) is 14.5 Å². The average Bonchev–Trinajstić information content (AvgIpc) is 3.46. The molecule has 9 nitrogen and oxygen atoms in total. The summed E-state index contributed by atoms with van der Waals surface area (Å²) in [4.78, 5) is 32.4. The number of fused-ring (bicyclic) bond motifs is 1. The predicted octanol–water partition coefficient (Wildman–Crippen LogP) is 2.27. The lowest BCUT2D eigenvalue weighted by atomic mass is 10.1. The summed E-state index contributed by atoms with van der Waals surface area (Å²) in [6.45, 7) is 0. The van der Waals surface area contributed by atoms with Gasteiger partial charge in [-0.3, -0.25) is 9.59 Å². The van der Waals surface area contributed by atoms with Crippen molar-refractivity contribution in [1.29, 1.82) is 0 Å². The Morgan fingerprint density at radius 2 is 2.07 bits per heavy atom. The van der Waals surface area contributed by atoms with Gasteiger partial charge in [-0.1, -0.05) is 18.9 Å². The van der Waals surface area contributed by atoms with Crippen molar-refractivity contribution >= 4 is 40.0 Å². The van der Waals surface area contributed by atoms with Gasteiger partial charge in [0.25, 0.3) is 5.91 Å². The second-order valence-corrected chi connectivity index (χ2v) is 7.73. The highest BCUT2D eigenvalue weighted by Crippen LogP contribution is 2.34. The van der Waals surface area contributed by atoms with E-state index in [0.717, 1.165) is 23.0 Å². The number of nitrogens with one attached hydrogen (secondary N) is 2. The second-order valence-electron chi connectivity index (χ2n) is 7.73. The van der Waals surface area contributed by atoms with Gasteiger partial charge in [0.15, 0.2) is 11.5 Å².